The third-order valence-electron chi connectivity index (χ3n) is 2.93. The molecule has 0 spiro atoms. The van der Waals surface area contributed by atoms with Gasteiger partial charge in [-0.15, -0.1) is 6.58 Å². The second kappa shape index (κ2) is 12.1. The van der Waals surface area contributed by atoms with Crippen molar-refractivity contribution in [2.75, 3.05) is 6.61 Å². The molecule has 21 heavy (non-hydrogen) atoms. The summed E-state index contributed by atoms with van der Waals surface area (Å²) in [6, 6.07) is 0. The van der Waals surface area contributed by atoms with E-state index in [1.807, 2.05) is 6.08 Å². The monoisotopic (exact) mass is 292 g/mol. The van der Waals surface area contributed by atoms with Gasteiger partial charge in [0.25, 0.3) is 0 Å². The van der Waals surface area contributed by atoms with Crippen LogP contribution in [0, 0.1) is 0 Å². The summed E-state index contributed by atoms with van der Waals surface area (Å²) in [6.45, 7) is 9.99. The summed E-state index contributed by atoms with van der Waals surface area (Å²) in [7, 11) is 0. The van der Waals surface area contributed by atoms with E-state index in [1.54, 1.807) is 6.92 Å². The van der Waals surface area contributed by atoms with E-state index in [2.05, 4.69) is 32.6 Å². The Morgan fingerprint density at radius 1 is 1.10 bits per heavy atom. The highest BCUT2D eigenvalue weighted by Crippen LogP contribution is 2.14. The van der Waals surface area contributed by atoms with Gasteiger partial charge in [0.15, 0.2) is 0 Å². The van der Waals surface area contributed by atoms with Gasteiger partial charge in [-0.25, -0.2) is 0 Å². The van der Waals surface area contributed by atoms with E-state index < -0.39 is 5.97 Å². The molecule has 0 aliphatic heterocycles. The molecule has 0 aromatic heterocycles. The largest absolute Gasteiger partial charge is 0.466 e. The van der Waals surface area contributed by atoms with E-state index in [-0.39, 0.29) is 12.2 Å². The molecule has 0 unspecified atom stereocenters. The molecule has 0 amide bonds. The van der Waals surface area contributed by atoms with Crippen molar-refractivity contribution < 1.29 is 14.3 Å². The molecule has 0 saturated carbocycles. The van der Waals surface area contributed by atoms with Crippen molar-refractivity contribution >= 4 is 11.8 Å². The standard InChI is InChI=1S/C18H28O3/c1-5-9-16(11-7-10-15(3)4)12-8-13-17(19)14-18(20)21-6-2/h5,10,12H,1,6-9,11,13-14H2,2-4H3/b16-12+. The second-order valence-corrected chi connectivity index (χ2v) is 5.23. The van der Waals surface area contributed by atoms with Gasteiger partial charge in [0, 0.05) is 6.42 Å². The van der Waals surface area contributed by atoms with Crippen molar-refractivity contribution in [3.63, 3.8) is 0 Å². The van der Waals surface area contributed by atoms with Gasteiger partial charge in [-0.1, -0.05) is 29.4 Å². The minimum absolute atomic E-state index is 0.0630. The van der Waals surface area contributed by atoms with Crippen LogP contribution in [0.2, 0.25) is 0 Å². The summed E-state index contributed by atoms with van der Waals surface area (Å²) in [5.41, 5.74) is 2.61. The highest BCUT2D eigenvalue weighted by molar-refractivity contribution is 5.95. The van der Waals surface area contributed by atoms with Gasteiger partial charge in [-0.3, -0.25) is 9.59 Å². The van der Waals surface area contributed by atoms with Crippen LogP contribution < -0.4 is 0 Å². The van der Waals surface area contributed by atoms with Crippen LogP contribution in [0.3, 0.4) is 0 Å². The first-order chi connectivity index (χ1) is 9.99. The van der Waals surface area contributed by atoms with Gasteiger partial charge in [0.2, 0.25) is 0 Å². The Hall–Kier alpha value is -1.64. The number of allylic oxidation sites excluding steroid dienone is 5. The van der Waals surface area contributed by atoms with Crippen molar-refractivity contribution in [3.8, 4) is 0 Å². The lowest BCUT2D eigenvalue weighted by atomic mass is 10.0. The lowest BCUT2D eigenvalue weighted by molar-refractivity contribution is -0.145. The molecule has 0 saturated heterocycles. The number of ether oxygens (including phenoxy) is 1. The van der Waals surface area contributed by atoms with Crippen LogP contribution in [-0.2, 0) is 14.3 Å². The Labute approximate surface area is 128 Å². The Kier molecular flexibility index (Phi) is 11.2. The summed E-state index contributed by atoms with van der Waals surface area (Å²) in [5, 5.41) is 0. The molecule has 0 rings (SSSR count). The Morgan fingerprint density at radius 2 is 1.76 bits per heavy atom. The van der Waals surface area contributed by atoms with E-state index in [0.717, 1.165) is 19.3 Å². The van der Waals surface area contributed by atoms with E-state index >= 15 is 0 Å². The summed E-state index contributed by atoms with van der Waals surface area (Å²) in [6.07, 6.45) is 10.0. The van der Waals surface area contributed by atoms with Crippen molar-refractivity contribution in [2.45, 2.75) is 59.3 Å². The summed E-state index contributed by atoms with van der Waals surface area (Å²) < 4.78 is 4.76. The van der Waals surface area contributed by atoms with Crippen LogP contribution in [0.15, 0.2) is 36.0 Å². The first-order valence-electron chi connectivity index (χ1n) is 7.59. The van der Waals surface area contributed by atoms with Crippen LogP contribution in [0.25, 0.3) is 0 Å². The zero-order valence-electron chi connectivity index (χ0n) is 13.6. The zero-order valence-corrected chi connectivity index (χ0v) is 13.6. The third-order valence-corrected chi connectivity index (χ3v) is 2.93. The van der Waals surface area contributed by atoms with Crippen LogP contribution in [0.4, 0.5) is 0 Å². The number of Topliss-reactive ketones (excluding diaryl/α,β-unsaturated/α-hetero) is 1. The Morgan fingerprint density at radius 3 is 2.33 bits per heavy atom. The van der Waals surface area contributed by atoms with Crippen LogP contribution >= 0.6 is 0 Å². The number of carbonyl (C=O) groups excluding carboxylic acids is 2. The van der Waals surface area contributed by atoms with Gasteiger partial charge in [0.05, 0.1) is 6.61 Å². The van der Waals surface area contributed by atoms with Crippen LogP contribution in [-0.4, -0.2) is 18.4 Å². The molecule has 0 aliphatic rings. The molecular formula is C18H28O3. The smallest absolute Gasteiger partial charge is 0.313 e. The molecule has 0 N–H and O–H groups in total. The van der Waals surface area contributed by atoms with Gasteiger partial charge in [0.1, 0.15) is 12.2 Å². The lowest BCUT2D eigenvalue weighted by Gasteiger charge is -2.04. The molecule has 0 bridgehead atoms. The first kappa shape index (κ1) is 19.4. The molecule has 0 aromatic carbocycles. The molecule has 0 heterocycles. The van der Waals surface area contributed by atoms with Gasteiger partial charge >= 0.3 is 5.97 Å². The molecule has 0 radical (unpaired) electrons. The van der Waals surface area contributed by atoms with Crippen molar-refractivity contribution in [3.05, 3.63) is 36.0 Å². The third kappa shape index (κ3) is 11.9. The van der Waals surface area contributed by atoms with E-state index in [1.165, 1.54) is 11.1 Å². The highest BCUT2D eigenvalue weighted by Gasteiger charge is 2.09. The fourth-order valence-corrected chi connectivity index (χ4v) is 1.92. The molecule has 0 atom stereocenters. The molecule has 0 aromatic rings. The molecule has 3 nitrogen and oxygen atoms in total. The van der Waals surface area contributed by atoms with Crippen molar-refractivity contribution in [2.24, 2.45) is 0 Å². The topological polar surface area (TPSA) is 43.4 Å². The lowest BCUT2D eigenvalue weighted by Crippen LogP contribution is -2.10. The normalized spacial score (nSPS) is 10.9. The Balaban J connectivity index is 4.18. The number of hydrogen-bond acceptors (Lipinski definition) is 3. The molecule has 0 fully saturated rings. The quantitative estimate of drug-likeness (QED) is 0.319. The summed E-state index contributed by atoms with van der Waals surface area (Å²) in [5.74, 6) is -0.492. The predicted octanol–water partition coefficient (Wildman–Crippen LogP) is 4.54. The molecule has 3 heteroatoms. The first-order valence-corrected chi connectivity index (χ1v) is 7.59. The fourth-order valence-electron chi connectivity index (χ4n) is 1.92. The van der Waals surface area contributed by atoms with E-state index in [9.17, 15) is 9.59 Å². The van der Waals surface area contributed by atoms with Gasteiger partial charge in [-0.05, 0) is 46.5 Å². The van der Waals surface area contributed by atoms with E-state index in [4.69, 9.17) is 4.74 Å². The molecule has 118 valence electrons. The van der Waals surface area contributed by atoms with E-state index in [0.29, 0.717) is 19.4 Å². The summed E-state index contributed by atoms with van der Waals surface area (Å²) >= 11 is 0. The zero-order chi connectivity index (χ0) is 16.1. The van der Waals surface area contributed by atoms with Crippen molar-refractivity contribution in [1.82, 2.24) is 0 Å². The van der Waals surface area contributed by atoms with Crippen LogP contribution in [0.1, 0.15) is 59.3 Å². The second-order valence-electron chi connectivity index (χ2n) is 5.23. The highest BCUT2D eigenvalue weighted by atomic mass is 16.5. The number of rotatable bonds is 11. The van der Waals surface area contributed by atoms with Gasteiger partial charge < -0.3 is 4.74 Å². The van der Waals surface area contributed by atoms with Crippen molar-refractivity contribution in [1.29, 1.82) is 0 Å². The number of esters is 1. The number of carbonyl (C=O) groups is 2. The SMILES string of the molecule is C=CC/C(=C\CCC(=O)CC(=O)OCC)CCC=C(C)C. The molecular weight excluding hydrogens is 264 g/mol. The minimum atomic E-state index is -0.429. The fraction of sp³-hybridized carbons (Fsp3) is 0.556. The number of hydrogen-bond donors (Lipinski definition) is 0. The maximum absolute atomic E-state index is 11.6. The Bertz CT molecular complexity index is 399. The summed E-state index contributed by atoms with van der Waals surface area (Å²) in [4.78, 5) is 22.8. The number of ketones is 1. The minimum Gasteiger partial charge on any atom is -0.466 e. The van der Waals surface area contributed by atoms with Gasteiger partial charge in [-0.2, -0.15) is 0 Å². The maximum atomic E-state index is 11.6. The van der Waals surface area contributed by atoms with Crippen LogP contribution in [0.5, 0.6) is 0 Å². The maximum Gasteiger partial charge on any atom is 0.313 e. The molecule has 0 aliphatic carbocycles. The predicted molar refractivity (Wildman–Crippen MR) is 87.1 cm³/mol. The average molecular weight is 292 g/mol. The average Bonchev–Trinajstić information content (AvgIpc) is 2.38.